The fourth-order valence-corrected chi connectivity index (χ4v) is 3.23. The van der Waals surface area contributed by atoms with Gasteiger partial charge in [0.1, 0.15) is 16.5 Å². The maximum atomic E-state index is 12.3. The number of nitrogens with zero attached hydrogens (tertiary/aromatic N) is 2. The van der Waals surface area contributed by atoms with Gasteiger partial charge < -0.3 is 14.6 Å². The van der Waals surface area contributed by atoms with Crippen LogP contribution < -0.4 is 5.32 Å². The summed E-state index contributed by atoms with van der Waals surface area (Å²) in [7, 11) is 1.78. The molecule has 0 aliphatic rings. The summed E-state index contributed by atoms with van der Waals surface area (Å²) in [5.41, 5.74) is 1.02. The molecule has 5 nitrogen and oxygen atoms in total. The molecule has 1 atom stereocenters. The molecule has 0 unspecified atom stereocenters. The molecule has 0 spiro atoms. The SMILES string of the molecule is CCc1cnc(CN(C)C(=O)N[C@H](C)c2cc(C)oc2C)s1. The molecule has 2 rings (SSSR count). The predicted octanol–water partition coefficient (Wildman–Crippen LogP) is 3.82. The summed E-state index contributed by atoms with van der Waals surface area (Å²) in [6, 6.07) is 1.77. The molecule has 0 aromatic carbocycles. The molecule has 2 heterocycles. The smallest absolute Gasteiger partial charge is 0.317 e. The number of urea groups is 1. The first-order valence-electron chi connectivity index (χ1n) is 7.42. The van der Waals surface area contributed by atoms with Gasteiger partial charge >= 0.3 is 6.03 Å². The third-order valence-electron chi connectivity index (χ3n) is 3.55. The van der Waals surface area contributed by atoms with Crippen molar-refractivity contribution in [2.24, 2.45) is 0 Å². The summed E-state index contributed by atoms with van der Waals surface area (Å²) in [6.45, 7) is 8.40. The Morgan fingerprint density at radius 3 is 2.77 bits per heavy atom. The van der Waals surface area contributed by atoms with Crippen LogP contribution in [0.2, 0.25) is 0 Å². The summed E-state index contributed by atoms with van der Waals surface area (Å²) in [6.07, 6.45) is 2.86. The van der Waals surface area contributed by atoms with Crippen molar-refractivity contribution in [1.29, 1.82) is 0 Å². The Morgan fingerprint density at radius 2 is 2.23 bits per heavy atom. The first-order valence-corrected chi connectivity index (χ1v) is 8.24. The highest BCUT2D eigenvalue weighted by atomic mass is 32.1. The minimum atomic E-state index is -0.112. The van der Waals surface area contributed by atoms with Gasteiger partial charge in [-0.2, -0.15) is 0 Å². The summed E-state index contributed by atoms with van der Waals surface area (Å²) in [4.78, 5) is 19.5. The van der Waals surface area contributed by atoms with Crippen LogP contribution in [-0.2, 0) is 13.0 Å². The zero-order chi connectivity index (χ0) is 16.3. The lowest BCUT2D eigenvalue weighted by atomic mass is 10.1. The molecular formula is C16H23N3O2S. The lowest BCUT2D eigenvalue weighted by Gasteiger charge is -2.20. The topological polar surface area (TPSA) is 58.4 Å². The highest BCUT2D eigenvalue weighted by molar-refractivity contribution is 7.11. The van der Waals surface area contributed by atoms with E-state index in [0.29, 0.717) is 6.54 Å². The Kier molecular flexibility index (Phi) is 5.24. The van der Waals surface area contributed by atoms with Crippen LogP contribution in [0.1, 0.15) is 46.9 Å². The van der Waals surface area contributed by atoms with E-state index >= 15 is 0 Å². The van der Waals surface area contributed by atoms with Gasteiger partial charge in [-0.05, 0) is 33.3 Å². The molecule has 0 radical (unpaired) electrons. The normalized spacial score (nSPS) is 12.2. The fraction of sp³-hybridized carbons (Fsp3) is 0.500. The largest absolute Gasteiger partial charge is 0.466 e. The van der Waals surface area contributed by atoms with Crippen molar-refractivity contribution in [2.45, 2.75) is 46.7 Å². The van der Waals surface area contributed by atoms with Crippen LogP contribution in [0.15, 0.2) is 16.7 Å². The van der Waals surface area contributed by atoms with Crippen LogP contribution >= 0.6 is 11.3 Å². The van der Waals surface area contributed by atoms with E-state index in [1.807, 2.05) is 33.0 Å². The van der Waals surface area contributed by atoms with Gasteiger partial charge in [-0.15, -0.1) is 11.3 Å². The zero-order valence-corrected chi connectivity index (χ0v) is 14.6. The molecule has 0 saturated carbocycles. The number of hydrogen-bond acceptors (Lipinski definition) is 4. The van der Waals surface area contributed by atoms with Crippen molar-refractivity contribution < 1.29 is 9.21 Å². The van der Waals surface area contributed by atoms with E-state index in [0.717, 1.165) is 28.5 Å². The maximum Gasteiger partial charge on any atom is 0.317 e. The highest BCUT2D eigenvalue weighted by Crippen LogP contribution is 2.21. The van der Waals surface area contributed by atoms with Crippen molar-refractivity contribution in [1.82, 2.24) is 15.2 Å². The number of thiazole rings is 1. The fourth-order valence-electron chi connectivity index (χ4n) is 2.31. The van der Waals surface area contributed by atoms with Crippen LogP contribution in [0.5, 0.6) is 0 Å². The van der Waals surface area contributed by atoms with Gasteiger partial charge in [0.15, 0.2) is 0 Å². The Hall–Kier alpha value is -1.82. The minimum absolute atomic E-state index is 0.0881. The van der Waals surface area contributed by atoms with E-state index < -0.39 is 0 Å². The van der Waals surface area contributed by atoms with Crippen molar-refractivity contribution in [3.63, 3.8) is 0 Å². The van der Waals surface area contributed by atoms with Gasteiger partial charge in [0.25, 0.3) is 0 Å². The second-order valence-electron chi connectivity index (χ2n) is 5.47. The van der Waals surface area contributed by atoms with Crippen LogP contribution in [0, 0.1) is 13.8 Å². The number of aromatic nitrogens is 1. The van der Waals surface area contributed by atoms with E-state index in [1.54, 1.807) is 23.3 Å². The lowest BCUT2D eigenvalue weighted by molar-refractivity contribution is 0.203. The summed E-state index contributed by atoms with van der Waals surface area (Å²) in [5.74, 6) is 1.71. The maximum absolute atomic E-state index is 12.3. The number of rotatable bonds is 5. The van der Waals surface area contributed by atoms with Crippen LogP contribution in [0.3, 0.4) is 0 Å². The Morgan fingerprint density at radius 1 is 1.50 bits per heavy atom. The first-order chi connectivity index (χ1) is 10.4. The minimum Gasteiger partial charge on any atom is -0.466 e. The van der Waals surface area contributed by atoms with E-state index in [4.69, 9.17) is 4.42 Å². The Bertz CT molecular complexity index is 648. The van der Waals surface area contributed by atoms with E-state index in [9.17, 15) is 4.79 Å². The van der Waals surface area contributed by atoms with E-state index in [1.165, 1.54) is 4.88 Å². The van der Waals surface area contributed by atoms with Gasteiger partial charge in [-0.25, -0.2) is 9.78 Å². The number of carbonyl (C=O) groups is 1. The second-order valence-corrected chi connectivity index (χ2v) is 6.67. The van der Waals surface area contributed by atoms with Gasteiger partial charge in [0.2, 0.25) is 0 Å². The van der Waals surface area contributed by atoms with Gasteiger partial charge in [-0.3, -0.25) is 0 Å². The number of aryl methyl sites for hydroxylation is 3. The predicted molar refractivity (Wildman–Crippen MR) is 88.1 cm³/mol. The summed E-state index contributed by atoms with van der Waals surface area (Å²) < 4.78 is 5.52. The molecular weight excluding hydrogens is 298 g/mol. The zero-order valence-electron chi connectivity index (χ0n) is 13.8. The molecule has 2 amide bonds. The Labute approximate surface area is 135 Å². The molecule has 6 heteroatoms. The van der Waals surface area contributed by atoms with Crippen molar-refractivity contribution in [2.75, 3.05) is 7.05 Å². The van der Waals surface area contributed by atoms with Gasteiger partial charge in [0.05, 0.1) is 12.6 Å². The molecule has 120 valence electrons. The number of amides is 2. The quantitative estimate of drug-likeness (QED) is 0.911. The van der Waals surface area contributed by atoms with Crippen LogP contribution in [0.25, 0.3) is 0 Å². The molecule has 0 aliphatic heterocycles. The number of furan rings is 1. The molecule has 2 aromatic rings. The van der Waals surface area contributed by atoms with Gasteiger partial charge in [-0.1, -0.05) is 6.92 Å². The van der Waals surface area contributed by atoms with Crippen molar-refractivity contribution >= 4 is 17.4 Å². The Balaban J connectivity index is 1.94. The molecule has 1 N–H and O–H groups in total. The van der Waals surface area contributed by atoms with Crippen LogP contribution in [-0.4, -0.2) is 23.0 Å². The molecule has 0 bridgehead atoms. The van der Waals surface area contributed by atoms with Crippen molar-refractivity contribution in [3.8, 4) is 0 Å². The summed E-state index contributed by atoms with van der Waals surface area (Å²) >= 11 is 1.65. The molecule has 22 heavy (non-hydrogen) atoms. The van der Waals surface area contributed by atoms with Crippen LogP contribution in [0.4, 0.5) is 4.79 Å². The molecule has 0 saturated heterocycles. The number of hydrogen-bond donors (Lipinski definition) is 1. The lowest BCUT2D eigenvalue weighted by Crippen LogP contribution is -2.38. The molecule has 0 aliphatic carbocycles. The van der Waals surface area contributed by atoms with E-state index in [2.05, 4.69) is 17.2 Å². The second kappa shape index (κ2) is 6.96. The number of nitrogens with one attached hydrogen (secondary N) is 1. The highest BCUT2D eigenvalue weighted by Gasteiger charge is 2.18. The standard InChI is InChI=1S/C16H23N3O2S/c1-6-13-8-17-15(22-13)9-19(5)16(20)18-11(3)14-7-10(2)21-12(14)4/h7-8,11H,6,9H2,1-5H3,(H,18,20)/t11-/m1/s1. The monoisotopic (exact) mass is 321 g/mol. The average molecular weight is 321 g/mol. The molecule has 2 aromatic heterocycles. The van der Waals surface area contributed by atoms with Crippen molar-refractivity contribution in [3.05, 3.63) is 39.2 Å². The third kappa shape index (κ3) is 3.88. The summed E-state index contributed by atoms with van der Waals surface area (Å²) in [5, 5.41) is 3.95. The number of carbonyl (C=O) groups excluding carboxylic acids is 1. The van der Waals surface area contributed by atoms with E-state index in [-0.39, 0.29) is 12.1 Å². The molecule has 0 fully saturated rings. The third-order valence-corrected chi connectivity index (χ3v) is 4.68. The average Bonchev–Trinajstić information content (AvgIpc) is 3.04. The van der Waals surface area contributed by atoms with Gasteiger partial charge in [0, 0.05) is 23.7 Å². The first kappa shape index (κ1) is 16.5.